The first-order valence-electron chi connectivity index (χ1n) is 6.21. The Morgan fingerprint density at radius 3 is 2.58 bits per heavy atom. The highest BCUT2D eigenvalue weighted by atomic mass is 16.6. The minimum absolute atomic E-state index is 0.113. The molecule has 6 nitrogen and oxygen atoms in total. The number of nitro benzene ring substituents is 1. The molecule has 6 heteroatoms. The summed E-state index contributed by atoms with van der Waals surface area (Å²) in [4.78, 5) is 23.2. The van der Waals surface area contributed by atoms with E-state index in [9.17, 15) is 14.9 Å². The number of ether oxygens (including phenoxy) is 1. The van der Waals surface area contributed by atoms with E-state index < -0.39 is 4.92 Å². The van der Waals surface area contributed by atoms with E-state index >= 15 is 0 Å². The highest BCUT2D eigenvalue weighted by Gasteiger charge is 2.11. The zero-order valence-electron chi connectivity index (χ0n) is 11.2. The van der Waals surface area contributed by atoms with Crippen molar-refractivity contribution in [3.05, 3.63) is 33.9 Å². The van der Waals surface area contributed by atoms with Crippen LogP contribution in [0.5, 0.6) is 5.75 Å². The molecule has 0 aliphatic heterocycles. The van der Waals surface area contributed by atoms with E-state index in [4.69, 9.17) is 4.74 Å². The van der Waals surface area contributed by atoms with Gasteiger partial charge in [0.05, 0.1) is 10.5 Å². The first-order valence-corrected chi connectivity index (χ1v) is 6.21. The number of aldehydes is 1. The van der Waals surface area contributed by atoms with Crippen LogP contribution in [-0.4, -0.2) is 42.4 Å². The molecule has 1 aromatic carbocycles. The lowest BCUT2D eigenvalue weighted by Crippen LogP contribution is -2.28. The molecule has 1 aromatic rings. The molecule has 0 aliphatic rings. The van der Waals surface area contributed by atoms with Crippen LogP contribution in [0.1, 0.15) is 24.2 Å². The third-order valence-corrected chi connectivity index (χ3v) is 2.89. The van der Waals surface area contributed by atoms with Crippen molar-refractivity contribution in [2.75, 3.05) is 26.2 Å². The highest BCUT2D eigenvalue weighted by Crippen LogP contribution is 2.22. The standard InChI is InChI=1S/C13H18N2O4/c1-3-14(4-2)7-8-19-13-6-5-12(15(17)18)9-11(13)10-16/h5-6,9-10H,3-4,7-8H2,1-2H3. The summed E-state index contributed by atoms with van der Waals surface area (Å²) in [6, 6.07) is 4.02. The van der Waals surface area contributed by atoms with Crippen molar-refractivity contribution in [3.8, 4) is 5.75 Å². The molecule has 0 saturated carbocycles. The molecule has 0 radical (unpaired) electrons. The first-order chi connectivity index (χ1) is 9.12. The lowest BCUT2D eigenvalue weighted by molar-refractivity contribution is -0.384. The van der Waals surface area contributed by atoms with Crippen LogP contribution in [0.2, 0.25) is 0 Å². The van der Waals surface area contributed by atoms with Gasteiger partial charge in [-0.05, 0) is 19.2 Å². The number of carbonyl (C=O) groups is 1. The van der Waals surface area contributed by atoms with E-state index in [0.717, 1.165) is 19.6 Å². The van der Waals surface area contributed by atoms with Crippen LogP contribution in [0.4, 0.5) is 5.69 Å². The average molecular weight is 266 g/mol. The third kappa shape index (κ3) is 4.33. The van der Waals surface area contributed by atoms with Crippen molar-refractivity contribution in [1.82, 2.24) is 4.90 Å². The summed E-state index contributed by atoms with van der Waals surface area (Å²) in [7, 11) is 0. The molecule has 0 unspecified atom stereocenters. The molecule has 0 bridgehead atoms. The van der Waals surface area contributed by atoms with Gasteiger partial charge >= 0.3 is 0 Å². The maximum atomic E-state index is 10.9. The van der Waals surface area contributed by atoms with Gasteiger partial charge in [0.15, 0.2) is 6.29 Å². The number of nitrogens with zero attached hydrogens (tertiary/aromatic N) is 2. The number of hydrogen-bond donors (Lipinski definition) is 0. The topological polar surface area (TPSA) is 72.7 Å². The maximum absolute atomic E-state index is 10.9. The van der Waals surface area contributed by atoms with Crippen molar-refractivity contribution < 1.29 is 14.5 Å². The van der Waals surface area contributed by atoms with Gasteiger partial charge in [0.1, 0.15) is 12.4 Å². The fourth-order valence-corrected chi connectivity index (χ4v) is 1.70. The molecule has 0 fully saturated rings. The second-order valence-corrected chi connectivity index (χ2v) is 3.97. The molecule has 0 N–H and O–H groups in total. The fraction of sp³-hybridized carbons (Fsp3) is 0.462. The summed E-state index contributed by atoms with van der Waals surface area (Å²) in [6.07, 6.45) is 0.569. The Bertz CT molecular complexity index is 444. The lowest BCUT2D eigenvalue weighted by atomic mass is 10.2. The molecule has 0 aliphatic carbocycles. The lowest BCUT2D eigenvalue weighted by Gasteiger charge is -2.18. The van der Waals surface area contributed by atoms with Gasteiger partial charge in [-0.15, -0.1) is 0 Å². The fourth-order valence-electron chi connectivity index (χ4n) is 1.70. The van der Waals surface area contributed by atoms with Crippen LogP contribution < -0.4 is 4.74 Å². The quantitative estimate of drug-likeness (QED) is 0.409. The zero-order chi connectivity index (χ0) is 14.3. The summed E-state index contributed by atoms with van der Waals surface area (Å²) < 4.78 is 5.50. The molecule has 0 aromatic heterocycles. The van der Waals surface area contributed by atoms with E-state index in [0.29, 0.717) is 18.6 Å². The first kappa shape index (κ1) is 15.1. The molecule has 104 valence electrons. The van der Waals surface area contributed by atoms with E-state index in [1.165, 1.54) is 18.2 Å². The Morgan fingerprint density at radius 2 is 2.05 bits per heavy atom. The van der Waals surface area contributed by atoms with Gasteiger partial charge in [-0.2, -0.15) is 0 Å². The van der Waals surface area contributed by atoms with Crippen molar-refractivity contribution >= 4 is 12.0 Å². The molecular formula is C13H18N2O4. The Kier molecular flexibility index (Phi) is 5.95. The molecule has 19 heavy (non-hydrogen) atoms. The smallest absolute Gasteiger partial charge is 0.270 e. The van der Waals surface area contributed by atoms with Crippen molar-refractivity contribution in [2.45, 2.75) is 13.8 Å². The van der Waals surface area contributed by atoms with Gasteiger partial charge < -0.3 is 9.64 Å². The van der Waals surface area contributed by atoms with E-state index in [2.05, 4.69) is 18.7 Å². The van der Waals surface area contributed by atoms with Gasteiger partial charge in [0, 0.05) is 18.7 Å². The number of carbonyl (C=O) groups excluding carboxylic acids is 1. The normalized spacial score (nSPS) is 10.5. The van der Waals surface area contributed by atoms with Crippen LogP contribution in [0.3, 0.4) is 0 Å². The van der Waals surface area contributed by atoms with Gasteiger partial charge in [0.2, 0.25) is 0 Å². The van der Waals surface area contributed by atoms with Gasteiger partial charge in [-0.3, -0.25) is 14.9 Å². The van der Waals surface area contributed by atoms with Gasteiger partial charge in [-0.25, -0.2) is 0 Å². The Hall–Kier alpha value is -1.95. The van der Waals surface area contributed by atoms with Crippen LogP contribution in [0, 0.1) is 10.1 Å². The molecule has 0 amide bonds. The zero-order valence-corrected chi connectivity index (χ0v) is 11.2. The van der Waals surface area contributed by atoms with Gasteiger partial charge in [-0.1, -0.05) is 13.8 Å². The highest BCUT2D eigenvalue weighted by molar-refractivity contribution is 5.80. The largest absolute Gasteiger partial charge is 0.491 e. The summed E-state index contributed by atoms with van der Waals surface area (Å²) >= 11 is 0. The Labute approximate surface area is 112 Å². The van der Waals surface area contributed by atoms with E-state index in [1.54, 1.807) is 0 Å². The SMILES string of the molecule is CCN(CC)CCOc1ccc([N+](=O)[O-])cc1C=O. The van der Waals surface area contributed by atoms with E-state index in [-0.39, 0.29) is 11.3 Å². The number of benzene rings is 1. The summed E-state index contributed by atoms with van der Waals surface area (Å²) in [5.41, 5.74) is 0.0898. The van der Waals surface area contributed by atoms with Crippen molar-refractivity contribution in [3.63, 3.8) is 0 Å². The molecule has 0 atom stereocenters. The Balaban J connectivity index is 2.68. The molecule has 1 rings (SSSR count). The molecule has 0 heterocycles. The number of rotatable bonds is 8. The second kappa shape index (κ2) is 7.48. The van der Waals surface area contributed by atoms with Crippen LogP contribution in [0.15, 0.2) is 18.2 Å². The Morgan fingerprint density at radius 1 is 1.37 bits per heavy atom. The van der Waals surface area contributed by atoms with Crippen molar-refractivity contribution in [1.29, 1.82) is 0 Å². The van der Waals surface area contributed by atoms with Crippen LogP contribution in [-0.2, 0) is 0 Å². The minimum Gasteiger partial charge on any atom is -0.491 e. The third-order valence-electron chi connectivity index (χ3n) is 2.89. The monoisotopic (exact) mass is 266 g/mol. The van der Waals surface area contributed by atoms with Gasteiger partial charge in [0.25, 0.3) is 5.69 Å². The number of hydrogen-bond acceptors (Lipinski definition) is 5. The summed E-state index contributed by atoms with van der Waals surface area (Å²) in [5, 5.41) is 10.6. The number of non-ortho nitro benzene ring substituents is 1. The number of likely N-dealkylation sites (N-methyl/N-ethyl adjacent to an activating group) is 1. The van der Waals surface area contributed by atoms with Crippen LogP contribution >= 0.6 is 0 Å². The van der Waals surface area contributed by atoms with E-state index in [1.807, 2.05) is 0 Å². The molecule has 0 saturated heterocycles. The number of nitro groups is 1. The summed E-state index contributed by atoms with van der Waals surface area (Å²) in [5.74, 6) is 0.382. The molecule has 0 spiro atoms. The molecular weight excluding hydrogens is 248 g/mol. The average Bonchev–Trinajstić information content (AvgIpc) is 2.43. The van der Waals surface area contributed by atoms with Crippen LogP contribution in [0.25, 0.3) is 0 Å². The summed E-state index contributed by atoms with van der Waals surface area (Å²) in [6.45, 7) is 7.18. The predicted molar refractivity (Wildman–Crippen MR) is 71.8 cm³/mol. The van der Waals surface area contributed by atoms with Crippen molar-refractivity contribution in [2.24, 2.45) is 0 Å². The predicted octanol–water partition coefficient (Wildman–Crippen LogP) is 2.13. The minimum atomic E-state index is -0.535. The maximum Gasteiger partial charge on any atom is 0.270 e. The second-order valence-electron chi connectivity index (χ2n) is 3.97.